The molecule has 3 nitrogen and oxygen atoms in total. The Balaban J connectivity index is 2.24. The number of methoxy groups -OCH3 is 1. The van der Waals surface area contributed by atoms with Crippen LogP contribution in [0.3, 0.4) is 0 Å². The Morgan fingerprint density at radius 1 is 1.50 bits per heavy atom. The van der Waals surface area contributed by atoms with Gasteiger partial charge in [0.05, 0.1) is 12.9 Å². The van der Waals surface area contributed by atoms with E-state index in [4.69, 9.17) is 0 Å². The topological polar surface area (TPSA) is 38.3 Å². The van der Waals surface area contributed by atoms with E-state index in [2.05, 4.69) is 17.0 Å². The quantitative estimate of drug-likeness (QED) is 0.697. The fourth-order valence-electron chi connectivity index (χ4n) is 2.31. The molecule has 0 aromatic heterocycles. The second kappa shape index (κ2) is 7.96. The molecule has 0 aromatic rings. The number of esters is 1. The van der Waals surface area contributed by atoms with Crippen molar-refractivity contribution in [1.82, 2.24) is 5.32 Å². The molecule has 0 aliphatic heterocycles. The van der Waals surface area contributed by atoms with Gasteiger partial charge in [0.2, 0.25) is 0 Å². The summed E-state index contributed by atoms with van der Waals surface area (Å²) in [5.74, 6) is 2.19. The van der Waals surface area contributed by atoms with Gasteiger partial charge in [-0.2, -0.15) is 0 Å². The standard InChI is InChI=1S/C12H23NO2S/c1-3-13-11(10-6-4-5-7-10)8-16-9-12(14)15-2/h10-11,13H,3-9H2,1-2H3. The Bertz CT molecular complexity index is 205. The van der Waals surface area contributed by atoms with E-state index in [9.17, 15) is 4.79 Å². The molecule has 1 aliphatic rings. The fraction of sp³-hybridized carbons (Fsp3) is 0.917. The molecular formula is C12H23NO2S. The van der Waals surface area contributed by atoms with E-state index >= 15 is 0 Å². The SMILES string of the molecule is CCNC(CSCC(=O)OC)C1CCCC1. The predicted molar refractivity (Wildman–Crippen MR) is 68.8 cm³/mol. The Morgan fingerprint density at radius 3 is 2.75 bits per heavy atom. The molecule has 16 heavy (non-hydrogen) atoms. The van der Waals surface area contributed by atoms with E-state index in [1.807, 2.05) is 0 Å². The number of rotatable bonds is 7. The van der Waals surface area contributed by atoms with Gasteiger partial charge in [-0.1, -0.05) is 19.8 Å². The third-order valence-corrected chi connectivity index (χ3v) is 4.21. The molecule has 0 spiro atoms. The summed E-state index contributed by atoms with van der Waals surface area (Å²) in [5, 5.41) is 3.54. The van der Waals surface area contributed by atoms with Crippen LogP contribution in [0, 0.1) is 5.92 Å². The van der Waals surface area contributed by atoms with Crippen molar-refractivity contribution in [2.45, 2.75) is 38.6 Å². The molecule has 0 radical (unpaired) electrons. The first kappa shape index (κ1) is 13.8. The van der Waals surface area contributed by atoms with Crippen molar-refractivity contribution in [2.75, 3.05) is 25.2 Å². The van der Waals surface area contributed by atoms with Gasteiger partial charge in [-0.3, -0.25) is 4.79 Å². The maximum atomic E-state index is 11.0. The summed E-state index contributed by atoms with van der Waals surface area (Å²) in [7, 11) is 1.45. The lowest BCUT2D eigenvalue weighted by atomic mass is 10.00. The number of hydrogen-bond donors (Lipinski definition) is 1. The van der Waals surface area contributed by atoms with Crippen molar-refractivity contribution in [1.29, 1.82) is 0 Å². The number of thioether (sulfide) groups is 1. The van der Waals surface area contributed by atoms with Gasteiger partial charge in [-0.05, 0) is 25.3 Å². The zero-order chi connectivity index (χ0) is 11.8. The molecule has 0 bridgehead atoms. The van der Waals surface area contributed by atoms with Gasteiger partial charge in [0.25, 0.3) is 0 Å². The van der Waals surface area contributed by atoms with Gasteiger partial charge in [-0.15, -0.1) is 11.8 Å². The Hall–Kier alpha value is -0.220. The van der Waals surface area contributed by atoms with Crippen LogP contribution in [0.25, 0.3) is 0 Å². The van der Waals surface area contributed by atoms with Gasteiger partial charge < -0.3 is 10.1 Å². The Labute approximate surface area is 103 Å². The van der Waals surface area contributed by atoms with Crippen molar-refractivity contribution in [3.63, 3.8) is 0 Å². The van der Waals surface area contributed by atoms with Crippen molar-refractivity contribution in [3.05, 3.63) is 0 Å². The van der Waals surface area contributed by atoms with Crippen LogP contribution in [-0.4, -0.2) is 37.2 Å². The molecule has 0 heterocycles. The second-order valence-electron chi connectivity index (χ2n) is 4.30. The van der Waals surface area contributed by atoms with Crippen molar-refractivity contribution in [2.24, 2.45) is 5.92 Å². The summed E-state index contributed by atoms with van der Waals surface area (Å²) in [6.45, 7) is 3.16. The van der Waals surface area contributed by atoms with E-state index in [0.29, 0.717) is 11.8 Å². The number of nitrogens with one attached hydrogen (secondary N) is 1. The first-order valence-electron chi connectivity index (χ1n) is 6.15. The first-order chi connectivity index (χ1) is 7.77. The fourth-order valence-corrected chi connectivity index (χ4v) is 3.36. The van der Waals surface area contributed by atoms with E-state index in [0.717, 1.165) is 18.2 Å². The molecule has 1 N–H and O–H groups in total. The molecule has 0 amide bonds. The average molecular weight is 245 g/mol. The maximum Gasteiger partial charge on any atom is 0.315 e. The third kappa shape index (κ3) is 4.74. The lowest BCUT2D eigenvalue weighted by Gasteiger charge is -2.23. The molecule has 1 rings (SSSR count). The molecule has 1 saturated carbocycles. The molecule has 1 fully saturated rings. The Kier molecular flexibility index (Phi) is 6.88. The molecule has 0 saturated heterocycles. The molecule has 1 unspecified atom stereocenters. The molecule has 1 atom stereocenters. The van der Waals surface area contributed by atoms with Crippen LogP contribution >= 0.6 is 11.8 Å². The number of carbonyl (C=O) groups excluding carboxylic acids is 1. The number of ether oxygens (including phenoxy) is 1. The van der Waals surface area contributed by atoms with E-state index < -0.39 is 0 Å². The average Bonchev–Trinajstić information content (AvgIpc) is 2.81. The van der Waals surface area contributed by atoms with Gasteiger partial charge >= 0.3 is 5.97 Å². The summed E-state index contributed by atoms with van der Waals surface area (Å²) in [6, 6.07) is 0.571. The summed E-state index contributed by atoms with van der Waals surface area (Å²) in [5.41, 5.74) is 0. The number of carbonyl (C=O) groups is 1. The van der Waals surface area contributed by atoms with Crippen LogP contribution in [0.4, 0.5) is 0 Å². The second-order valence-corrected chi connectivity index (χ2v) is 5.33. The third-order valence-electron chi connectivity index (χ3n) is 3.18. The predicted octanol–water partition coefficient (Wildman–Crippen LogP) is 2.06. The lowest BCUT2D eigenvalue weighted by Crippen LogP contribution is -2.37. The van der Waals surface area contributed by atoms with E-state index in [1.54, 1.807) is 11.8 Å². The monoisotopic (exact) mass is 245 g/mol. The maximum absolute atomic E-state index is 11.0. The summed E-state index contributed by atoms with van der Waals surface area (Å²) in [4.78, 5) is 11.0. The minimum Gasteiger partial charge on any atom is -0.468 e. The molecule has 1 aliphatic carbocycles. The highest BCUT2D eigenvalue weighted by molar-refractivity contribution is 7.99. The summed E-state index contributed by atoms with van der Waals surface area (Å²) in [6.07, 6.45) is 5.43. The minimum absolute atomic E-state index is 0.119. The van der Waals surface area contributed by atoms with Crippen molar-refractivity contribution in [3.8, 4) is 0 Å². The van der Waals surface area contributed by atoms with Gasteiger partial charge in [0.15, 0.2) is 0 Å². The zero-order valence-electron chi connectivity index (χ0n) is 10.3. The van der Waals surface area contributed by atoms with Crippen LogP contribution in [-0.2, 0) is 9.53 Å². The molecule has 94 valence electrons. The van der Waals surface area contributed by atoms with Crippen LogP contribution in [0.2, 0.25) is 0 Å². The highest BCUT2D eigenvalue weighted by Crippen LogP contribution is 2.29. The van der Waals surface area contributed by atoms with Gasteiger partial charge in [0.1, 0.15) is 0 Å². The number of hydrogen-bond acceptors (Lipinski definition) is 4. The highest BCUT2D eigenvalue weighted by Gasteiger charge is 2.24. The molecule has 4 heteroatoms. The van der Waals surface area contributed by atoms with Gasteiger partial charge in [0, 0.05) is 11.8 Å². The van der Waals surface area contributed by atoms with Crippen molar-refractivity contribution >= 4 is 17.7 Å². The van der Waals surface area contributed by atoms with Gasteiger partial charge in [-0.25, -0.2) is 0 Å². The van der Waals surface area contributed by atoms with E-state index in [1.165, 1.54) is 32.8 Å². The Morgan fingerprint density at radius 2 is 2.19 bits per heavy atom. The van der Waals surface area contributed by atoms with Crippen molar-refractivity contribution < 1.29 is 9.53 Å². The van der Waals surface area contributed by atoms with Crippen LogP contribution in [0.5, 0.6) is 0 Å². The van der Waals surface area contributed by atoms with E-state index in [-0.39, 0.29) is 5.97 Å². The zero-order valence-corrected chi connectivity index (χ0v) is 11.1. The largest absolute Gasteiger partial charge is 0.468 e. The first-order valence-corrected chi connectivity index (χ1v) is 7.31. The van der Waals surface area contributed by atoms with Crippen LogP contribution in [0.1, 0.15) is 32.6 Å². The molecule has 0 aromatic carbocycles. The molecular weight excluding hydrogens is 222 g/mol. The van der Waals surface area contributed by atoms with Crippen LogP contribution in [0.15, 0.2) is 0 Å². The normalized spacial score (nSPS) is 18.6. The lowest BCUT2D eigenvalue weighted by molar-refractivity contribution is -0.137. The minimum atomic E-state index is -0.119. The van der Waals surface area contributed by atoms with Crippen LogP contribution < -0.4 is 5.32 Å². The smallest absolute Gasteiger partial charge is 0.315 e. The summed E-state index contributed by atoms with van der Waals surface area (Å²) >= 11 is 1.68. The highest BCUT2D eigenvalue weighted by atomic mass is 32.2. The summed E-state index contributed by atoms with van der Waals surface area (Å²) < 4.78 is 4.64.